The van der Waals surface area contributed by atoms with Crippen LogP contribution in [-0.4, -0.2) is 24.5 Å². The molecule has 0 N–H and O–H groups in total. The van der Waals surface area contributed by atoms with Gasteiger partial charge in [0.15, 0.2) is 5.78 Å². The average Bonchev–Trinajstić information content (AvgIpc) is 2.57. The van der Waals surface area contributed by atoms with Crippen LogP contribution in [0.5, 0.6) is 0 Å². The molecule has 0 aliphatic heterocycles. The third kappa shape index (κ3) is 5.36. The fourth-order valence-corrected chi connectivity index (χ4v) is 3.03. The molecule has 2 aromatic carbocycles. The van der Waals surface area contributed by atoms with E-state index in [1.54, 1.807) is 13.8 Å². The van der Waals surface area contributed by atoms with E-state index in [0.29, 0.717) is 11.6 Å². The maximum atomic E-state index is 13.5. The number of ether oxygens (including phenoxy) is 1. The Kier molecular flexibility index (Phi) is 6.91. The van der Waals surface area contributed by atoms with Gasteiger partial charge in [0.05, 0.1) is 17.7 Å². The van der Waals surface area contributed by atoms with Crippen LogP contribution < -0.4 is 0 Å². The number of benzene rings is 2. The van der Waals surface area contributed by atoms with Crippen LogP contribution in [0.25, 0.3) is 5.57 Å². The number of alkyl halides is 3. The van der Waals surface area contributed by atoms with E-state index < -0.39 is 23.5 Å². The van der Waals surface area contributed by atoms with Crippen molar-refractivity contribution in [3.63, 3.8) is 0 Å². The lowest BCUT2D eigenvalue weighted by atomic mass is 9.99. The molecule has 0 atom stereocenters. The highest BCUT2D eigenvalue weighted by Crippen LogP contribution is 2.36. The van der Waals surface area contributed by atoms with E-state index in [0.717, 1.165) is 12.1 Å². The molecule has 0 aromatic heterocycles. The Morgan fingerprint density at radius 2 is 1.64 bits per heavy atom. The molecule has 0 aliphatic carbocycles. The summed E-state index contributed by atoms with van der Waals surface area (Å²) in [6, 6.07) is 7.41. The molecule has 3 nitrogen and oxygen atoms in total. The lowest BCUT2D eigenvalue weighted by Gasteiger charge is -2.13. The third-order valence-electron chi connectivity index (χ3n) is 3.76. The van der Waals surface area contributed by atoms with E-state index >= 15 is 0 Å². The molecule has 8 heteroatoms. The van der Waals surface area contributed by atoms with Gasteiger partial charge < -0.3 is 4.74 Å². The number of carbonyl (C=O) groups excluding carboxylic acids is 2. The molecule has 0 radical (unpaired) electrons. The van der Waals surface area contributed by atoms with Crippen LogP contribution in [0.15, 0.2) is 42.5 Å². The SMILES string of the molecule is CCOC(=O)c1ccc(C(=O)C=C(c2cc(Cl)cc(Cl)c2)C(F)(F)F)cc1C. The molecule has 28 heavy (non-hydrogen) atoms. The van der Waals surface area contributed by atoms with Gasteiger partial charge in [-0.3, -0.25) is 4.79 Å². The highest BCUT2D eigenvalue weighted by Gasteiger charge is 2.35. The molecule has 0 saturated carbocycles. The number of halogens is 5. The minimum atomic E-state index is -4.80. The number of carbonyl (C=O) groups is 2. The fraction of sp³-hybridized carbons (Fsp3) is 0.200. The van der Waals surface area contributed by atoms with Crippen LogP contribution in [-0.2, 0) is 4.74 Å². The first-order valence-corrected chi connectivity index (χ1v) is 8.86. The van der Waals surface area contributed by atoms with Crippen molar-refractivity contribution in [3.8, 4) is 0 Å². The normalized spacial score (nSPS) is 12.0. The van der Waals surface area contributed by atoms with E-state index in [2.05, 4.69) is 0 Å². The van der Waals surface area contributed by atoms with Crippen LogP contribution in [0.4, 0.5) is 13.2 Å². The first kappa shape index (κ1) is 22.0. The Hall–Kier alpha value is -2.31. The maximum Gasteiger partial charge on any atom is 0.417 e. The molecule has 2 aromatic rings. The summed E-state index contributed by atoms with van der Waals surface area (Å²) in [6.07, 6.45) is -4.32. The molecule has 0 saturated heterocycles. The zero-order valence-corrected chi connectivity index (χ0v) is 16.4. The molecule has 0 amide bonds. The molecule has 0 spiro atoms. The fourth-order valence-electron chi connectivity index (χ4n) is 2.51. The highest BCUT2D eigenvalue weighted by molar-refractivity contribution is 6.35. The molecule has 0 fully saturated rings. The number of hydrogen-bond donors (Lipinski definition) is 0. The summed E-state index contributed by atoms with van der Waals surface area (Å²) < 4.78 is 45.4. The number of esters is 1. The van der Waals surface area contributed by atoms with E-state index in [1.807, 2.05) is 0 Å². The summed E-state index contributed by atoms with van der Waals surface area (Å²) in [7, 11) is 0. The maximum absolute atomic E-state index is 13.5. The van der Waals surface area contributed by atoms with Crippen molar-refractivity contribution < 1.29 is 27.5 Å². The van der Waals surface area contributed by atoms with Gasteiger partial charge in [-0.1, -0.05) is 29.3 Å². The topological polar surface area (TPSA) is 43.4 Å². The summed E-state index contributed by atoms with van der Waals surface area (Å²) in [5, 5.41) is 0.0273. The summed E-state index contributed by atoms with van der Waals surface area (Å²) in [6.45, 7) is 3.39. The zero-order chi connectivity index (χ0) is 21.1. The summed E-state index contributed by atoms with van der Waals surface area (Å²) >= 11 is 11.6. The lowest BCUT2D eigenvalue weighted by molar-refractivity contribution is -0.0689. The van der Waals surface area contributed by atoms with Gasteiger partial charge in [-0.2, -0.15) is 13.2 Å². The van der Waals surface area contributed by atoms with Gasteiger partial charge in [0.25, 0.3) is 0 Å². The second kappa shape index (κ2) is 8.80. The number of aryl methyl sites for hydroxylation is 1. The molecule has 0 aliphatic rings. The van der Waals surface area contributed by atoms with Crippen molar-refractivity contribution in [2.45, 2.75) is 20.0 Å². The minimum Gasteiger partial charge on any atom is -0.462 e. The van der Waals surface area contributed by atoms with Crippen molar-refractivity contribution in [2.75, 3.05) is 6.61 Å². The monoisotopic (exact) mass is 430 g/mol. The zero-order valence-electron chi connectivity index (χ0n) is 14.9. The van der Waals surface area contributed by atoms with E-state index in [1.165, 1.54) is 24.3 Å². The standard InChI is InChI=1S/C20H15Cl2F3O3/c1-3-28-19(27)16-5-4-12(6-11(16)2)18(26)10-17(20(23,24)25)13-7-14(21)9-15(22)8-13/h4-10H,3H2,1-2H3. The molecule has 0 heterocycles. The predicted octanol–water partition coefficient (Wildman–Crippen LogP) is 6.31. The second-order valence-electron chi connectivity index (χ2n) is 5.83. The largest absolute Gasteiger partial charge is 0.462 e. The molecule has 2 rings (SSSR count). The molecule has 148 valence electrons. The predicted molar refractivity (Wildman–Crippen MR) is 102 cm³/mol. The van der Waals surface area contributed by atoms with Gasteiger partial charge in [-0.25, -0.2) is 4.79 Å². The molecular weight excluding hydrogens is 416 g/mol. The minimum absolute atomic E-state index is 0.000392. The quantitative estimate of drug-likeness (QED) is 0.317. The van der Waals surface area contributed by atoms with Crippen molar-refractivity contribution in [2.24, 2.45) is 0 Å². The van der Waals surface area contributed by atoms with Gasteiger partial charge in [0.1, 0.15) is 0 Å². The van der Waals surface area contributed by atoms with Crippen LogP contribution in [0.2, 0.25) is 10.0 Å². The average molecular weight is 431 g/mol. The summed E-state index contributed by atoms with van der Waals surface area (Å²) in [5.74, 6) is -1.44. The lowest BCUT2D eigenvalue weighted by Crippen LogP contribution is -2.13. The van der Waals surface area contributed by atoms with Crippen molar-refractivity contribution in [3.05, 3.63) is 74.8 Å². The first-order chi connectivity index (χ1) is 13.0. The van der Waals surface area contributed by atoms with Gasteiger partial charge >= 0.3 is 12.1 Å². The Morgan fingerprint density at radius 3 is 2.14 bits per heavy atom. The number of allylic oxidation sites excluding steroid dienone is 2. The number of hydrogen-bond acceptors (Lipinski definition) is 3. The van der Waals surface area contributed by atoms with E-state index in [9.17, 15) is 22.8 Å². The van der Waals surface area contributed by atoms with Crippen LogP contribution in [0.3, 0.4) is 0 Å². The smallest absolute Gasteiger partial charge is 0.417 e. The van der Waals surface area contributed by atoms with Crippen molar-refractivity contribution >= 4 is 40.5 Å². The third-order valence-corrected chi connectivity index (χ3v) is 4.20. The van der Waals surface area contributed by atoms with E-state index in [4.69, 9.17) is 27.9 Å². The molecule has 0 unspecified atom stereocenters. The summed E-state index contributed by atoms with van der Waals surface area (Å²) in [5.41, 5.74) is -0.843. The first-order valence-electron chi connectivity index (χ1n) is 8.10. The number of rotatable bonds is 5. The van der Waals surface area contributed by atoms with Crippen LogP contribution >= 0.6 is 23.2 Å². The van der Waals surface area contributed by atoms with Gasteiger partial charge in [0.2, 0.25) is 0 Å². The summed E-state index contributed by atoms with van der Waals surface area (Å²) in [4.78, 5) is 24.3. The van der Waals surface area contributed by atoms with Gasteiger partial charge in [0, 0.05) is 15.6 Å². The van der Waals surface area contributed by atoms with Crippen LogP contribution in [0, 0.1) is 6.92 Å². The van der Waals surface area contributed by atoms with E-state index in [-0.39, 0.29) is 33.3 Å². The molecular formula is C20H15Cl2F3O3. The second-order valence-corrected chi connectivity index (χ2v) is 6.70. The number of ketones is 1. The van der Waals surface area contributed by atoms with Gasteiger partial charge in [-0.15, -0.1) is 0 Å². The molecule has 0 bridgehead atoms. The van der Waals surface area contributed by atoms with Crippen molar-refractivity contribution in [1.29, 1.82) is 0 Å². The van der Waals surface area contributed by atoms with Gasteiger partial charge in [-0.05, 0) is 61.4 Å². The Balaban J connectivity index is 2.46. The Morgan fingerprint density at radius 1 is 1.04 bits per heavy atom. The van der Waals surface area contributed by atoms with Crippen molar-refractivity contribution in [1.82, 2.24) is 0 Å². The Labute approximate surface area is 169 Å². The van der Waals surface area contributed by atoms with Crippen LogP contribution in [0.1, 0.15) is 38.8 Å². The Bertz CT molecular complexity index is 930. The highest BCUT2D eigenvalue weighted by atomic mass is 35.5.